The maximum Gasteiger partial charge on any atom is 0.122 e. The van der Waals surface area contributed by atoms with E-state index in [0.29, 0.717) is 6.04 Å². The van der Waals surface area contributed by atoms with E-state index in [1.165, 1.54) is 25.9 Å². The zero-order valence-electron chi connectivity index (χ0n) is 11.8. The number of nitrogens with zero attached hydrogens (tertiary/aromatic N) is 2. The van der Waals surface area contributed by atoms with Crippen molar-refractivity contribution in [3.8, 4) is 0 Å². The number of nitrogens with one attached hydrogen (secondary N) is 1. The van der Waals surface area contributed by atoms with Crippen molar-refractivity contribution >= 4 is 11.3 Å². The van der Waals surface area contributed by atoms with Gasteiger partial charge in [-0.2, -0.15) is 0 Å². The summed E-state index contributed by atoms with van der Waals surface area (Å²) >= 11 is 1.71. The van der Waals surface area contributed by atoms with Gasteiger partial charge in [-0.1, -0.05) is 0 Å². The van der Waals surface area contributed by atoms with Gasteiger partial charge in [-0.05, 0) is 45.0 Å². The van der Waals surface area contributed by atoms with Gasteiger partial charge in [0.25, 0.3) is 0 Å². The molecule has 108 valence electrons. The second-order valence-electron chi connectivity index (χ2n) is 5.26. The zero-order valence-corrected chi connectivity index (χ0v) is 12.7. The van der Waals surface area contributed by atoms with Gasteiger partial charge >= 0.3 is 0 Å². The summed E-state index contributed by atoms with van der Waals surface area (Å²) in [6.07, 6.45) is 4.35. The second kappa shape index (κ2) is 6.52. The van der Waals surface area contributed by atoms with Crippen molar-refractivity contribution in [2.45, 2.75) is 32.4 Å². The molecule has 0 aromatic carbocycles. The summed E-state index contributed by atoms with van der Waals surface area (Å²) in [7, 11) is 0. The molecule has 1 N–H and O–H groups in total. The topological polar surface area (TPSA) is 41.3 Å². The molecule has 2 aromatic heterocycles. The summed E-state index contributed by atoms with van der Waals surface area (Å²) in [5, 5.41) is 6.78. The molecular weight excluding hydrogens is 270 g/mol. The van der Waals surface area contributed by atoms with Crippen molar-refractivity contribution in [2.24, 2.45) is 0 Å². The SMILES string of the molecule is Cc1nc(CNCC(c2ccco2)N2CCCC2)cs1. The van der Waals surface area contributed by atoms with Gasteiger partial charge in [-0.15, -0.1) is 11.3 Å². The van der Waals surface area contributed by atoms with E-state index in [0.717, 1.165) is 29.6 Å². The standard InChI is InChI=1S/C15H21N3OS/c1-12-17-13(11-20-12)9-16-10-14(15-5-4-8-19-15)18-6-2-3-7-18/h4-5,8,11,14,16H,2-3,6-7,9-10H2,1H3. The molecule has 2 aromatic rings. The smallest absolute Gasteiger partial charge is 0.122 e. The van der Waals surface area contributed by atoms with Crippen LogP contribution < -0.4 is 5.32 Å². The maximum atomic E-state index is 5.62. The van der Waals surface area contributed by atoms with Crippen LogP contribution in [-0.2, 0) is 6.54 Å². The van der Waals surface area contributed by atoms with Crippen molar-refractivity contribution in [3.63, 3.8) is 0 Å². The van der Waals surface area contributed by atoms with Gasteiger partial charge in [0.05, 0.1) is 23.0 Å². The van der Waals surface area contributed by atoms with Crippen LogP contribution in [0, 0.1) is 6.92 Å². The van der Waals surface area contributed by atoms with Gasteiger partial charge in [0, 0.05) is 18.5 Å². The van der Waals surface area contributed by atoms with E-state index in [-0.39, 0.29) is 0 Å². The fourth-order valence-electron chi connectivity index (χ4n) is 2.77. The first-order chi connectivity index (χ1) is 9.83. The minimum Gasteiger partial charge on any atom is -0.468 e. The summed E-state index contributed by atoms with van der Waals surface area (Å²) in [5.41, 5.74) is 1.13. The number of hydrogen-bond acceptors (Lipinski definition) is 5. The Balaban J connectivity index is 1.58. The van der Waals surface area contributed by atoms with E-state index in [4.69, 9.17) is 4.42 Å². The summed E-state index contributed by atoms with van der Waals surface area (Å²) in [4.78, 5) is 7.00. The molecule has 20 heavy (non-hydrogen) atoms. The molecule has 4 nitrogen and oxygen atoms in total. The number of aromatic nitrogens is 1. The molecule has 1 atom stereocenters. The van der Waals surface area contributed by atoms with Gasteiger partial charge < -0.3 is 9.73 Å². The molecule has 1 unspecified atom stereocenters. The fraction of sp³-hybridized carbons (Fsp3) is 0.533. The van der Waals surface area contributed by atoms with Crippen molar-refractivity contribution in [1.82, 2.24) is 15.2 Å². The Morgan fingerprint density at radius 2 is 2.30 bits per heavy atom. The third-order valence-corrected chi connectivity index (χ3v) is 4.59. The van der Waals surface area contributed by atoms with Crippen LogP contribution in [0.1, 0.15) is 35.3 Å². The molecule has 0 radical (unpaired) electrons. The fourth-order valence-corrected chi connectivity index (χ4v) is 3.38. The van der Waals surface area contributed by atoms with Crippen molar-refractivity contribution < 1.29 is 4.42 Å². The predicted molar refractivity (Wildman–Crippen MR) is 80.8 cm³/mol. The largest absolute Gasteiger partial charge is 0.468 e. The van der Waals surface area contributed by atoms with E-state index >= 15 is 0 Å². The average molecular weight is 291 g/mol. The summed E-state index contributed by atoms with van der Waals surface area (Å²) < 4.78 is 5.62. The van der Waals surface area contributed by atoms with Crippen molar-refractivity contribution in [1.29, 1.82) is 0 Å². The Bertz CT molecular complexity index is 517. The molecule has 1 aliphatic rings. The van der Waals surface area contributed by atoms with Gasteiger partial charge in [0.2, 0.25) is 0 Å². The molecule has 0 spiro atoms. The summed E-state index contributed by atoms with van der Waals surface area (Å²) in [6, 6.07) is 4.40. The van der Waals surface area contributed by atoms with Crippen LogP contribution >= 0.6 is 11.3 Å². The lowest BCUT2D eigenvalue weighted by atomic mass is 10.2. The third-order valence-electron chi connectivity index (χ3n) is 3.76. The highest BCUT2D eigenvalue weighted by Crippen LogP contribution is 2.24. The summed E-state index contributed by atoms with van der Waals surface area (Å²) in [6.45, 7) is 6.12. The molecular formula is C15H21N3OS. The lowest BCUT2D eigenvalue weighted by Crippen LogP contribution is -2.33. The minimum absolute atomic E-state index is 0.340. The lowest BCUT2D eigenvalue weighted by molar-refractivity contribution is 0.209. The molecule has 3 heterocycles. The Morgan fingerprint density at radius 3 is 2.95 bits per heavy atom. The molecule has 1 saturated heterocycles. The highest BCUT2D eigenvalue weighted by Gasteiger charge is 2.25. The molecule has 0 amide bonds. The number of hydrogen-bond donors (Lipinski definition) is 1. The Labute approximate surface area is 123 Å². The van der Waals surface area contributed by atoms with Gasteiger partial charge in [-0.3, -0.25) is 4.90 Å². The van der Waals surface area contributed by atoms with Gasteiger partial charge in [0.15, 0.2) is 0 Å². The molecule has 0 aliphatic carbocycles. The number of aryl methyl sites for hydroxylation is 1. The highest BCUT2D eigenvalue weighted by atomic mass is 32.1. The van der Waals surface area contributed by atoms with Crippen LogP contribution in [0.3, 0.4) is 0 Å². The van der Waals surface area contributed by atoms with Crippen LogP contribution in [0.15, 0.2) is 28.2 Å². The van der Waals surface area contributed by atoms with Crippen LogP contribution in [0.5, 0.6) is 0 Å². The van der Waals surface area contributed by atoms with Crippen LogP contribution in [0.2, 0.25) is 0 Å². The quantitative estimate of drug-likeness (QED) is 0.888. The summed E-state index contributed by atoms with van der Waals surface area (Å²) in [5.74, 6) is 1.06. The normalized spacial score (nSPS) is 17.6. The predicted octanol–water partition coefficient (Wildman–Crippen LogP) is 2.97. The number of thiazole rings is 1. The van der Waals surface area contributed by atoms with Crippen molar-refractivity contribution in [2.75, 3.05) is 19.6 Å². The molecule has 1 aliphatic heterocycles. The lowest BCUT2D eigenvalue weighted by Gasteiger charge is -2.25. The Morgan fingerprint density at radius 1 is 1.45 bits per heavy atom. The highest BCUT2D eigenvalue weighted by molar-refractivity contribution is 7.09. The molecule has 5 heteroatoms. The number of furan rings is 1. The first-order valence-electron chi connectivity index (χ1n) is 7.22. The molecule has 0 bridgehead atoms. The average Bonchev–Trinajstić information content (AvgIpc) is 3.18. The van der Waals surface area contributed by atoms with E-state index in [1.807, 2.05) is 13.0 Å². The number of rotatable bonds is 6. The van der Waals surface area contributed by atoms with Crippen molar-refractivity contribution in [3.05, 3.63) is 40.2 Å². The molecule has 1 fully saturated rings. The minimum atomic E-state index is 0.340. The second-order valence-corrected chi connectivity index (χ2v) is 6.33. The van der Waals surface area contributed by atoms with Gasteiger partial charge in [-0.25, -0.2) is 4.98 Å². The first kappa shape index (κ1) is 13.8. The van der Waals surface area contributed by atoms with E-state index < -0.39 is 0 Å². The monoisotopic (exact) mass is 291 g/mol. The molecule has 0 saturated carbocycles. The van der Waals surface area contributed by atoms with E-state index in [2.05, 4.69) is 26.6 Å². The van der Waals surface area contributed by atoms with E-state index in [9.17, 15) is 0 Å². The number of likely N-dealkylation sites (tertiary alicyclic amines) is 1. The van der Waals surface area contributed by atoms with Crippen LogP contribution in [0.4, 0.5) is 0 Å². The molecule has 3 rings (SSSR count). The van der Waals surface area contributed by atoms with E-state index in [1.54, 1.807) is 17.6 Å². The third kappa shape index (κ3) is 3.29. The Kier molecular flexibility index (Phi) is 4.50. The Hall–Kier alpha value is -1.17. The first-order valence-corrected chi connectivity index (χ1v) is 8.10. The van der Waals surface area contributed by atoms with Gasteiger partial charge in [0.1, 0.15) is 5.76 Å². The van der Waals surface area contributed by atoms with Crippen LogP contribution in [-0.4, -0.2) is 29.5 Å². The van der Waals surface area contributed by atoms with Crippen LogP contribution in [0.25, 0.3) is 0 Å². The maximum absolute atomic E-state index is 5.62. The zero-order chi connectivity index (χ0) is 13.8.